The molecular weight excluding hydrogens is 469 g/mol. The van der Waals surface area contributed by atoms with Crippen molar-refractivity contribution in [2.45, 2.75) is 12.7 Å². The van der Waals surface area contributed by atoms with Gasteiger partial charge < -0.3 is 14.5 Å². The molecule has 190 valence electrons. The Hall–Kier alpha value is -3.59. The number of benzene rings is 2. The van der Waals surface area contributed by atoms with Crippen molar-refractivity contribution in [3.05, 3.63) is 89.6 Å². The Morgan fingerprint density at radius 3 is 2.28 bits per heavy atom. The molecule has 1 aliphatic rings. The molecule has 1 fully saturated rings. The molecule has 0 saturated carbocycles. The second kappa shape index (κ2) is 11.4. The van der Waals surface area contributed by atoms with E-state index in [0.29, 0.717) is 57.2 Å². The fraction of sp³-hybridized carbons (Fsp3) is 0.333. The van der Waals surface area contributed by atoms with Gasteiger partial charge in [-0.3, -0.25) is 9.69 Å². The number of piperazine rings is 1. The first-order chi connectivity index (χ1) is 17.3. The normalized spacial score (nSPS) is 14.5. The van der Waals surface area contributed by atoms with E-state index in [1.807, 2.05) is 30.1 Å². The molecule has 0 atom stereocenters. The van der Waals surface area contributed by atoms with Crippen molar-refractivity contribution in [3.63, 3.8) is 0 Å². The fourth-order valence-electron chi connectivity index (χ4n) is 4.04. The first-order valence-electron chi connectivity index (χ1n) is 11.8. The van der Waals surface area contributed by atoms with E-state index in [1.54, 1.807) is 35.4 Å². The number of aromatic nitrogens is 1. The number of ether oxygens (including phenoxy) is 1. The van der Waals surface area contributed by atoms with Gasteiger partial charge in [0.05, 0.1) is 12.1 Å². The molecule has 6 nitrogen and oxygen atoms in total. The predicted octanol–water partition coefficient (Wildman–Crippen LogP) is 4.57. The lowest BCUT2D eigenvalue weighted by molar-refractivity contribution is -0.137. The predicted molar refractivity (Wildman–Crippen MR) is 132 cm³/mol. The maximum absolute atomic E-state index is 12.9. The Kier molecular flexibility index (Phi) is 8.10. The van der Waals surface area contributed by atoms with E-state index in [-0.39, 0.29) is 5.91 Å². The molecule has 0 bridgehead atoms. The van der Waals surface area contributed by atoms with Gasteiger partial charge >= 0.3 is 6.18 Å². The number of anilines is 1. The molecule has 1 aliphatic heterocycles. The Morgan fingerprint density at radius 1 is 0.972 bits per heavy atom. The van der Waals surface area contributed by atoms with Gasteiger partial charge in [-0.1, -0.05) is 18.2 Å². The third-order valence-corrected chi connectivity index (χ3v) is 6.18. The fourth-order valence-corrected chi connectivity index (χ4v) is 4.04. The number of carbonyl (C=O) groups excluding carboxylic acids is 1. The molecule has 4 rings (SSSR count). The summed E-state index contributed by atoms with van der Waals surface area (Å²) < 4.78 is 44.0. The van der Waals surface area contributed by atoms with Crippen LogP contribution >= 0.6 is 0 Å². The molecule has 9 heteroatoms. The highest BCUT2D eigenvalue weighted by Gasteiger charge is 2.30. The molecule has 0 unspecified atom stereocenters. The Labute approximate surface area is 208 Å². The molecule has 1 aromatic heterocycles. The van der Waals surface area contributed by atoms with E-state index in [4.69, 9.17) is 4.74 Å². The van der Waals surface area contributed by atoms with Crippen molar-refractivity contribution >= 4 is 11.7 Å². The van der Waals surface area contributed by atoms with Crippen molar-refractivity contribution in [3.8, 4) is 5.75 Å². The summed E-state index contributed by atoms with van der Waals surface area (Å²) in [6, 6.07) is 18.2. The maximum Gasteiger partial charge on any atom is 0.416 e. The van der Waals surface area contributed by atoms with Crippen LogP contribution < -0.4 is 9.64 Å². The van der Waals surface area contributed by atoms with E-state index in [1.165, 1.54) is 12.1 Å². The summed E-state index contributed by atoms with van der Waals surface area (Å²) >= 11 is 0. The van der Waals surface area contributed by atoms with Gasteiger partial charge in [-0.15, -0.1) is 0 Å². The molecule has 0 aliphatic carbocycles. The maximum atomic E-state index is 12.9. The molecule has 3 aromatic rings. The van der Waals surface area contributed by atoms with Crippen LogP contribution in [0.25, 0.3) is 0 Å². The van der Waals surface area contributed by atoms with Gasteiger partial charge in [0.15, 0.2) is 0 Å². The molecule has 0 N–H and O–H groups in total. The molecule has 2 heterocycles. The molecule has 36 heavy (non-hydrogen) atoms. The molecule has 0 spiro atoms. The highest BCUT2D eigenvalue weighted by Crippen LogP contribution is 2.29. The number of halogens is 3. The third-order valence-electron chi connectivity index (χ3n) is 6.18. The Balaban J connectivity index is 1.21. The van der Waals surface area contributed by atoms with Gasteiger partial charge in [-0.25, -0.2) is 4.98 Å². The smallest absolute Gasteiger partial charge is 0.416 e. The number of hydrogen-bond acceptors (Lipinski definition) is 5. The third kappa shape index (κ3) is 6.75. The molecular formula is C27H29F3N4O2. The molecule has 0 radical (unpaired) electrons. The second-order valence-electron chi connectivity index (χ2n) is 8.75. The van der Waals surface area contributed by atoms with Gasteiger partial charge in [0.2, 0.25) is 0 Å². The van der Waals surface area contributed by atoms with Crippen LogP contribution in [0, 0.1) is 0 Å². The van der Waals surface area contributed by atoms with Crippen LogP contribution in [0.4, 0.5) is 19.0 Å². The summed E-state index contributed by atoms with van der Waals surface area (Å²) in [5.41, 5.74) is 0.781. The SMILES string of the molecule is CN(CCOc1ccc(C(=O)N2CCN(Cc3ccc(C(F)(F)F)cc3)CC2)cc1)c1ccccn1. The quantitative estimate of drug-likeness (QED) is 0.455. The van der Waals surface area contributed by atoms with Crippen LogP contribution in [0.2, 0.25) is 0 Å². The molecule has 1 saturated heterocycles. The van der Waals surface area contributed by atoms with Crippen molar-refractivity contribution in [2.24, 2.45) is 0 Å². The van der Waals surface area contributed by atoms with E-state index < -0.39 is 11.7 Å². The van der Waals surface area contributed by atoms with Crippen molar-refractivity contribution in [1.82, 2.24) is 14.8 Å². The van der Waals surface area contributed by atoms with E-state index in [9.17, 15) is 18.0 Å². The van der Waals surface area contributed by atoms with Gasteiger partial charge in [0.1, 0.15) is 18.2 Å². The Morgan fingerprint density at radius 2 is 1.67 bits per heavy atom. The van der Waals surface area contributed by atoms with Crippen LogP contribution in [0.15, 0.2) is 72.9 Å². The largest absolute Gasteiger partial charge is 0.492 e. The van der Waals surface area contributed by atoms with E-state index >= 15 is 0 Å². The Bertz CT molecular complexity index is 1110. The number of nitrogens with zero attached hydrogens (tertiary/aromatic N) is 4. The lowest BCUT2D eigenvalue weighted by Gasteiger charge is -2.34. The van der Waals surface area contributed by atoms with Gasteiger partial charge in [0, 0.05) is 51.5 Å². The minimum Gasteiger partial charge on any atom is -0.492 e. The molecule has 1 amide bonds. The van der Waals surface area contributed by atoms with Crippen LogP contribution in [0.3, 0.4) is 0 Å². The summed E-state index contributed by atoms with van der Waals surface area (Å²) in [5.74, 6) is 1.54. The average molecular weight is 499 g/mol. The lowest BCUT2D eigenvalue weighted by Crippen LogP contribution is -2.48. The van der Waals surface area contributed by atoms with Crippen molar-refractivity contribution in [1.29, 1.82) is 0 Å². The lowest BCUT2D eigenvalue weighted by atomic mass is 10.1. The highest BCUT2D eigenvalue weighted by atomic mass is 19.4. The highest BCUT2D eigenvalue weighted by molar-refractivity contribution is 5.94. The second-order valence-corrected chi connectivity index (χ2v) is 8.75. The minimum absolute atomic E-state index is 0.0365. The topological polar surface area (TPSA) is 48.9 Å². The average Bonchev–Trinajstić information content (AvgIpc) is 2.89. The van der Waals surface area contributed by atoms with Crippen LogP contribution in [-0.4, -0.2) is 67.1 Å². The summed E-state index contributed by atoms with van der Waals surface area (Å²) in [6.07, 6.45) is -2.58. The summed E-state index contributed by atoms with van der Waals surface area (Å²) in [4.78, 5) is 23.2. The number of amides is 1. The monoisotopic (exact) mass is 498 g/mol. The van der Waals surface area contributed by atoms with E-state index in [0.717, 1.165) is 23.5 Å². The minimum atomic E-state index is -4.33. The summed E-state index contributed by atoms with van der Waals surface area (Å²) in [6.45, 7) is 4.18. The van der Waals surface area contributed by atoms with Crippen LogP contribution in [0.5, 0.6) is 5.75 Å². The summed E-state index contributed by atoms with van der Waals surface area (Å²) in [7, 11) is 1.96. The number of alkyl halides is 3. The first kappa shape index (κ1) is 25.5. The molecule has 2 aromatic carbocycles. The van der Waals surface area contributed by atoms with Crippen LogP contribution in [-0.2, 0) is 12.7 Å². The number of rotatable bonds is 8. The van der Waals surface area contributed by atoms with Crippen molar-refractivity contribution in [2.75, 3.05) is 51.3 Å². The number of pyridine rings is 1. The van der Waals surface area contributed by atoms with Gasteiger partial charge in [-0.2, -0.15) is 13.2 Å². The summed E-state index contributed by atoms with van der Waals surface area (Å²) in [5, 5.41) is 0. The van der Waals surface area contributed by atoms with Gasteiger partial charge in [0.25, 0.3) is 5.91 Å². The number of likely N-dealkylation sites (N-methyl/N-ethyl adjacent to an activating group) is 1. The van der Waals surface area contributed by atoms with Gasteiger partial charge in [-0.05, 0) is 54.1 Å². The first-order valence-corrected chi connectivity index (χ1v) is 11.8. The zero-order chi connectivity index (χ0) is 25.5. The zero-order valence-electron chi connectivity index (χ0n) is 20.1. The van der Waals surface area contributed by atoms with Crippen molar-refractivity contribution < 1.29 is 22.7 Å². The number of hydrogen-bond donors (Lipinski definition) is 0. The standard InChI is InChI=1S/C27H29F3N4O2/c1-32(25-4-2-3-13-31-25)18-19-36-24-11-7-22(8-12-24)26(35)34-16-14-33(15-17-34)20-21-5-9-23(10-6-21)27(28,29)30/h2-13H,14-20H2,1H3. The van der Waals surface area contributed by atoms with Crippen LogP contribution in [0.1, 0.15) is 21.5 Å². The van der Waals surface area contributed by atoms with E-state index in [2.05, 4.69) is 9.88 Å². The number of carbonyl (C=O) groups is 1. The zero-order valence-corrected chi connectivity index (χ0v) is 20.1.